The summed E-state index contributed by atoms with van der Waals surface area (Å²) >= 11 is 0. The van der Waals surface area contributed by atoms with E-state index in [1.807, 2.05) is 0 Å². The Kier molecular flexibility index (Phi) is 5.25. The van der Waals surface area contributed by atoms with Crippen LogP contribution in [0.15, 0.2) is 24.3 Å². The Labute approximate surface area is 138 Å². The molecule has 0 bridgehead atoms. The molecular weight excluding hydrogens is 266 g/mol. The average Bonchev–Trinajstić information content (AvgIpc) is 2.46. The van der Waals surface area contributed by atoms with Crippen LogP contribution in [0, 0.1) is 11.3 Å². The van der Waals surface area contributed by atoms with Gasteiger partial charge in [-0.05, 0) is 60.1 Å². The van der Waals surface area contributed by atoms with E-state index >= 15 is 0 Å². The molecule has 0 radical (unpaired) electrons. The van der Waals surface area contributed by atoms with Gasteiger partial charge in [-0.25, -0.2) is 0 Å². The molecule has 22 heavy (non-hydrogen) atoms. The molecule has 1 fully saturated rings. The van der Waals surface area contributed by atoms with Crippen molar-refractivity contribution in [2.24, 2.45) is 11.3 Å². The fourth-order valence-corrected chi connectivity index (χ4v) is 3.59. The van der Waals surface area contributed by atoms with E-state index in [1.165, 1.54) is 50.0 Å². The molecule has 1 heterocycles. The van der Waals surface area contributed by atoms with Crippen LogP contribution in [-0.4, -0.2) is 13.1 Å². The van der Waals surface area contributed by atoms with Crippen LogP contribution in [0.25, 0.3) is 0 Å². The second-order valence-electron chi connectivity index (χ2n) is 8.98. The van der Waals surface area contributed by atoms with Crippen LogP contribution in [0.3, 0.4) is 0 Å². The molecule has 0 atom stereocenters. The third kappa shape index (κ3) is 4.51. The van der Waals surface area contributed by atoms with Gasteiger partial charge >= 0.3 is 0 Å². The maximum absolute atomic E-state index is 2.57. The molecule has 124 valence electrons. The molecule has 2 rings (SSSR count). The van der Waals surface area contributed by atoms with E-state index in [4.69, 9.17) is 0 Å². The lowest BCUT2D eigenvalue weighted by molar-refractivity contribution is 0.258. The summed E-state index contributed by atoms with van der Waals surface area (Å²) < 4.78 is 0. The van der Waals surface area contributed by atoms with Gasteiger partial charge < -0.3 is 4.90 Å². The molecule has 1 aromatic rings. The Morgan fingerprint density at radius 1 is 0.955 bits per heavy atom. The molecule has 0 spiro atoms. The van der Waals surface area contributed by atoms with Crippen LogP contribution in [0.2, 0.25) is 0 Å². The van der Waals surface area contributed by atoms with Crippen molar-refractivity contribution in [2.45, 2.75) is 72.6 Å². The molecule has 1 nitrogen and oxygen atoms in total. The van der Waals surface area contributed by atoms with E-state index in [9.17, 15) is 0 Å². The summed E-state index contributed by atoms with van der Waals surface area (Å²) in [6, 6.07) is 9.33. The largest absolute Gasteiger partial charge is 0.372 e. The summed E-state index contributed by atoms with van der Waals surface area (Å²) in [6.45, 7) is 16.5. The van der Waals surface area contributed by atoms with Gasteiger partial charge in [-0.15, -0.1) is 0 Å². The van der Waals surface area contributed by atoms with Crippen molar-refractivity contribution in [1.82, 2.24) is 0 Å². The van der Waals surface area contributed by atoms with Gasteiger partial charge in [0, 0.05) is 18.8 Å². The Hall–Kier alpha value is -0.980. The van der Waals surface area contributed by atoms with Gasteiger partial charge in [0.2, 0.25) is 0 Å². The van der Waals surface area contributed by atoms with Crippen molar-refractivity contribution in [2.75, 3.05) is 18.0 Å². The normalized spacial score (nSPS) is 17.8. The standard InChI is InChI=1S/C21H35N/c1-7-21(5,6)18-8-10-19(11-9-18)22-14-12-17(13-15-22)16-20(2,3)4/h8-11,17H,7,12-16H2,1-6H3. The average molecular weight is 302 g/mol. The maximum atomic E-state index is 2.57. The zero-order valence-electron chi connectivity index (χ0n) is 15.6. The first-order chi connectivity index (χ1) is 10.2. The van der Waals surface area contributed by atoms with Crippen molar-refractivity contribution in [3.05, 3.63) is 29.8 Å². The SMILES string of the molecule is CCC(C)(C)c1ccc(N2CCC(CC(C)(C)C)CC2)cc1. The second-order valence-corrected chi connectivity index (χ2v) is 8.98. The van der Waals surface area contributed by atoms with Crippen LogP contribution in [-0.2, 0) is 5.41 Å². The van der Waals surface area contributed by atoms with Gasteiger partial charge in [0.25, 0.3) is 0 Å². The van der Waals surface area contributed by atoms with Crippen LogP contribution in [0.4, 0.5) is 5.69 Å². The minimum atomic E-state index is 0.290. The fourth-order valence-electron chi connectivity index (χ4n) is 3.59. The number of benzene rings is 1. The highest BCUT2D eigenvalue weighted by Gasteiger charge is 2.24. The van der Waals surface area contributed by atoms with Gasteiger partial charge in [-0.1, -0.05) is 53.7 Å². The van der Waals surface area contributed by atoms with Crippen LogP contribution in [0.1, 0.15) is 72.8 Å². The summed E-state index contributed by atoms with van der Waals surface area (Å²) in [5.74, 6) is 0.912. The van der Waals surface area contributed by atoms with Crippen LogP contribution < -0.4 is 4.90 Å². The Bertz CT molecular complexity index is 456. The molecule has 0 amide bonds. The predicted molar refractivity (Wildman–Crippen MR) is 98.8 cm³/mol. The molecule has 0 N–H and O–H groups in total. The quantitative estimate of drug-likeness (QED) is 0.656. The molecule has 1 aliphatic rings. The molecule has 1 aromatic carbocycles. The molecule has 1 aliphatic heterocycles. The minimum absolute atomic E-state index is 0.290. The number of hydrogen-bond donors (Lipinski definition) is 0. The maximum Gasteiger partial charge on any atom is 0.0366 e. The lowest BCUT2D eigenvalue weighted by atomic mass is 9.80. The minimum Gasteiger partial charge on any atom is -0.372 e. The Morgan fingerprint density at radius 2 is 1.50 bits per heavy atom. The zero-order chi connectivity index (χ0) is 16.4. The van der Waals surface area contributed by atoms with Crippen LogP contribution >= 0.6 is 0 Å². The van der Waals surface area contributed by atoms with Gasteiger partial charge in [-0.3, -0.25) is 0 Å². The molecule has 1 saturated heterocycles. The number of hydrogen-bond acceptors (Lipinski definition) is 1. The van der Waals surface area contributed by atoms with Crippen molar-refractivity contribution in [3.8, 4) is 0 Å². The monoisotopic (exact) mass is 301 g/mol. The highest BCUT2D eigenvalue weighted by atomic mass is 15.1. The van der Waals surface area contributed by atoms with Crippen molar-refractivity contribution in [3.63, 3.8) is 0 Å². The molecule has 0 saturated carbocycles. The molecule has 0 aliphatic carbocycles. The Morgan fingerprint density at radius 3 is 1.95 bits per heavy atom. The summed E-state index contributed by atoms with van der Waals surface area (Å²) in [4.78, 5) is 2.57. The third-order valence-electron chi connectivity index (χ3n) is 5.41. The number of piperidine rings is 1. The molecule has 0 unspecified atom stereocenters. The number of anilines is 1. The van der Waals surface area contributed by atoms with Crippen LogP contribution in [0.5, 0.6) is 0 Å². The molecule has 0 aromatic heterocycles. The second kappa shape index (κ2) is 6.64. The highest BCUT2D eigenvalue weighted by Crippen LogP contribution is 2.33. The lowest BCUT2D eigenvalue weighted by Crippen LogP contribution is -2.34. The summed E-state index contributed by atoms with van der Waals surface area (Å²) in [5.41, 5.74) is 3.63. The first-order valence-electron chi connectivity index (χ1n) is 9.07. The van der Waals surface area contributed by atoms with Crippen molar-refractivity contribution in [1.29, 1.82) is 0 Å². The van der Waals surface area contributed by atoms with Gasteiger partial charge in [0.1, 0.15) is 0 Å². The van der Waals surface area contributed by atoms with E-state index in [0.717, 1.165) is 5.92 Å². The van der Waals surface area contributed by atoms with Gasteiger partial charge in [0.05, 0.1) is 0 Å². The molecule has 1 heteroatoms. The summed E-state index contributed by atoms with van der Waals surface area (Å²) in [5, 5.41) is 0. The van der Waals surface area contributed by atoms with Crippen molar-refractivity contribution >= 4 is 5.69 Å². The fraction of sp³-hybridized carbons (Fsp3) is 0.714. The molecular formula is C21H35N. The smallest absolute Gasteiger partial charge is 0.0366 e. The van der Waals surface area contributed by atoms with E-state index in [2.05, 4.69) is 70.7 Å². The predicted octanol–water partition coefficient (Wildman–Crippen LogP) is 6.03. The van der Waals surface area contributed by atoms with E-state index in [-0.39, 0.29) is 5.41 Å². The third-order valence-corrected chi connectivity index (χ3v) is 5.41. The highest BCUT2D eigenvalue weighted by molar-refractivity contribution is 5.49. The topological polar surface area (TPSA) is 3.24 Å². The lowest BCUT2D eigenvalue weighted by Gasteiger charge is -2.36. The first-order valence-corrected chi connectivity index (χ1v) is 9.07. The number of nitrogens with zero attached hydrogens (tertiary/aromatic N) is 1. The van der Waals surface area contributed by atoms with E-state index < -0.39 is 0 Å². The summed E-state index contributed by atoms with van der Waals surface area (Å²) in [6.07, 6.45) is 5.24. The summed E-state index contributed by atoms with van der Waals surface area (Å²) in [7, 11) is 0. The zero-order valence-corrected chi connectivity index (χ0v) is 15.6. The van der Waals surface area contributed by atoms with E-state index in [0.29, 0.717) is 5.41 Å². The Balaban J connectivity index is 1.95. The number of rotatable bonds is 4. The van der Waals surface area contributed by atoms with Crippen molar-refractivity contribution < 1.29 is 0 Å². The van der Waals surface area contributed by atoms with E-state index in [1.54, 1.807) is 0 Å². The van der Waals surface area contributed by atoms with Gasteiger partial charge in [-0.2, -0.15) is 0 Å². The van der Waals surface area contributed by atoms with Gasteiger partial charge in [0.15, 0.2) is 0 Å². The first kappa shape index (κ1) is 17.4.